The van der Waals surface area contributed by atoms with E-state index in [9.17, 15) is 0 Å². The number of benzene rings is 1. The molecule has 18 heavy (non-hydrogen) atoms. The molecule has 0 saturated heterocycles. The number of hydrogen-bond donors (Lipinski definition) is 0. The zero-order valence-corrected chi connectivity index (χ0v) is 11.9. The fourth-order valence-electron chi connectivity index (χ4n) is 1.99. The number of nitrogens with zero attached hydrogens (tertiary/aromatic N) is 3. The molecule has 5 heteroatoms. The van der Waals surface area contributed by atoms with Crippen LogP contribution in [0.1, 0.15) is 0 Å². The van der Waals surface area contributed by atoms with Gasteiger partial charge in [0.05, 0.1) is 15.6 Å². The standard InChI is InChI=1S/C13H9BrClN3/c1-18-12(15)10(14)9-11(16-7-17-13(9)18)8-5-3-2-4-6-8/h2-7H,1H3. The van der Waals surface area contributed by atoms with Crippen molar-refractivity contribution in [3.8, 4) is 11.3 Å². The second kappa shape index (κ2) is 4.37. The largest absolute Gasteiger partial charge is 0.318 e. The quantitative estimate of drug-likeness (QED) is 0.676. The van der Waals surface area contributed by atoms with E-state index in [-0.39, 0.29) is 0 Å². The van der Waals surface area contributed by atoms with Crippen molar-refractivity contribution in [3.05, 3.63) is 46.3 Å². The zero-order chi connectivity index (χ0) is 12.7. The third-order valence-corrected chi connectivity index (χ3v) is 4.33. The minimum atomic E-state index is 0.627. The highest BCUT2D eigenvalue weighted by Crippen LogP contribution is 2.37. The summed E-state index contributed by atoms with van der Waals surface area (Å²) in [5.74, 6) is 0. The van der Waals surface area contributed by atoms with Crippen LogP contribution in [-0.4, -0.2) is 14.5 Å². The molecule has 3 rings (SSSR count). The number of hydrogen-bond acceptors (Lipinski definition) is 2. The molecule has 1 aromatic carbocycles. The fourth-order valence-corrected chi connectivity index (χ4v) is 2.80. The maximum atomic E-state index is 6.23. The molecule has 0 unspecified atom stereocenters. The Morgan fingerprint density at radius 3 is 2.61 bits per heavy atom. The van der Waals surface area contributed by atoms with Crippen LogP contribution >= 0.6 is 27.5 Å². The van der Waals surface area contributed by atoms with Gasteiger partial charge in [-0.05, 0) is 15.9 Å². The van der Waals surface area contributed by atoms with Crippen LogP contribution < -0.4 is 0 Å². The molecule has 90 valence electrons. The molecule has 0 bridgehead atoms. The first kappa shape index (κ1) is 11.7. The Balaban J connectivity index is 2.41. The first-order chi connectivity index (χ1) is 8.70. The van der Waals surface area contributed by atoms with E-state index >= 15 is 0 Å². The van der Waals surface area contributed by atoms with Gasteiger partial charge in [0.1, 0.15) is 17.1 Å². The second-order valence-electron chi connectivity index (χ2n) is 3.95. The van der Waals surface area contributed by atoms with E-state index in [1.807, 2.05) is 41.9 Å². The SMILES string of the molecule is Cn1c(Cl)c(Br)c2c(-c3ccccc3)ncnc21. The summed E-state index contributed by atoms with van der Waals surface area (Å²) in [4.78, 5) is 8.67. The molecule has 0 amide bonds. The predicted molar refractivity (Wildman–Crippen MR) is 76.7 cm³/mol. The number of rotatable bonds is 1. The number of aromatic nitrogens is 3. The second-order valence-corrected chi connectivity index (χ2v) is 5.10. The van der Waals surface area contributed by atoms with E-state index in [0.717, 1.165) is 26.8 Å². The Morgan fingerprint density at radius 1 is 1.17 bits per heavy atom. The molecule has 0 saturated carbocycles. The minimum Gasteiger partial charge on any atom is -0.318 e. The maximum Gasteiger partial charge on any atom is 0.146 e. The van der Waals surface area contributed by atoms with Crippen LogP contribution in [0.3, 0.4) is 0 Å². The summed E-state index contributed by atoms with van der Waals surface area (Å²) in [5.41, 5.74) is 2.75. The van der Waals surface area contributed by atoms with Crippen LogP contribution in [0.25, 0.3) is 22.3 Å². The first-order valence-corrected chi connectivity index (χ1v) is 6.57. The minimum absolute atomic E-state index is 0.627. The summed E-state index contributed by atoms with van der Waals surface area (Å²) in [6.45, 7) is 0. The van der Waals surface area contributed by atoms with Gasteiger partial charge in [0.25, 0.3) is 0 Å². The van der Waals surface area contributed by atoms with Gasteiger partial charge in [-0.15, -0.1) is 0 Å². The van der Waals surface area contributed by atoms with Crippen molar-refractivity contribution in [1.29, 1.82) is 0 Å². The average Bonchev–Trinajstić information content (AvgIpc) is 2.65. The van der Waals surface area contributed by atoms with E-state index in [1.54, 1.807) is 6.33 Å². The van der Waals surface area contributed by atoms with E-state index in [1.165, 1.54) is 0 Å². The summed E-state index contributed by atoms with van der Waals surface area (Å²) in [5, 5.41) is 1.57. The predicted octanol–water partition coefficient (Wildman–Crippen LogP) is 4.05. The van der Waals surface area contributed by atoms with Crippen LogP contribution in [-0.2, 0) is 7.05 Å². The Bertz CT molecular complexity index is 722. The van der Waals surface area contributed by atoms with Crippen LogP contribution in [0, 0.1) is 0 Å². The normalized spacial score (nSPS) is 11.1. The molecule has 0 aliphatic rings. The van der Waals surface area contributed by atoms with E-state index in [0.29, 0.717) is 5.15 Å². The Hall–Kier alpha value is -1.39. The molecule has 2 heterocycles. The molecule has 3 nitrogen and oxygen atoms in total. The van der Waals surface area contributed by atoms with Gasteiger partial charge in [-0.3, -0.25) is 0 Å². The van der Waals surface area contributed by atoms with Gasteiger partial charge in [0, 0.05) is 12.6 Å². The third-order valence-electron chi connectivity index (χ3n) is 2.89. The highest BCUT2D eigenvalue weighted by atomic mass is 79.9. The monoisotopic (exact) mass is 321 g/mol. The van der Waals surface area contributed by atoms with E-state index in [2.05, 4.69) is 25.9 Å². The lowest BCUT2D eigenvalue weighted by Crippen LogP contribution is -1.92. The Kier molecular flexibility index (Phi) is 2.84. The lowest BCUT2D eigenvalue weighted by molar-refractivity contribution is 0.943. The molecule has 2 aromatic heterocycles. The molecule has 0 fully saturated rings. The van der Waals surface area contributed by atoms with Crippen molar-refractivity contribution in [2.75, 3.05) is 0 Å². The smallest absolute Gasteiger partial charge is 0.146 e. The summed E-state index contributed by atoms with van der Waals surface area (Å²) < 4.78 is 2.68. The lowest BCUT2D eigenvalue weighted by atomic mass is 10.1. The summed E-state index contributed by atoms with van der Waals surface area (Å²) in [6, 6.07) is 10.0. The Morgan fingerprint density at radius 2 is 1.89 bits per heavy atom. The van der Waals surface area contributed by atoms with Crippen LogP contribution in [0.4, 0.5) is 0 Å². The highest BCUT2D eigenvalue weighted by molar-refractivity contribution is 9.10. The molecule has 0 atom stereocenters. The van der Waals surface area contributed by atoms with Crippen molar-refractivity contribution in [2.45, 2.75) is 0 Å². The summed E-state index contributed by atoms with van der Waals surface area (Å²) in [7, 11) is 1.89. The molecule has 0 aliphatic heterocycles. The summed E-state index contributed by atoms with van der Waals surface area (Å²) in [6.07, 6.45) is 1.56. The fraction of sp³-hybridized carbons (Fsp3) is 0.0769. The average molecular weight is 323 g/mol. The van der Waals surface area contributed by atoms with Gasteiger partial charge >= 0.3 is 0 Å². The van der Waals surface area contributed by atoms with Crippen molar-refractivity contribution >= 4 is 38.6 Å². The number of fused-ring (bicyclic) bond motifs is 1. The summed E-state index contributed by atoms with van der Waals surface area (Å²) >= 11 is 9.75. The molecular weight excluding hydrogens is 314 g/mol. The lowest BCUT2D eigenvalue weighted by Gasteiger charge is -2.02. The Labute approximate surface area is 118 Å². The van der Waals surface area contributed by atoms with Crippen LogP contribution in [0.15, 0.2) is 41.1 Å². The van der Waals surface area contributed by atoms with Crippen LogP contribution in [0.5, 0.6) is 0 Å². The maximum absolute atomic E-state index is 6.23. The van der Waals surface area contributed by atoms with Crippen molar-refractivity contribution in [1.82, 2.24) is 14.5 Å². The molecule has 0 spiro atoms. The highest BCUT2D eigenvalue weighted by Gasteiger charge is 2.17. The van der Waals surface area contributed by atoms with Gasteiger partial charge in [0.2, 0.25) is 0 Å². The number of halogens is 2. The van der Waals surface area contributed by atoms with Crippen molar-refractivity contribution in [2.24, 2.45) is 7.05 Å². The third kappa shape index (κ3) is 1.64. The molecular formula is C13H9BrClN3. The van der Waals surface area contributed by atoms with Gasteiger partial charge < -0.3 is 4.57 Å². The number of aryl methyl sites for hydroxylation is 1. The molecule has 0 radical (unpaired) electrons. The molecule has 3 aromatic rings. The van der Waals surface area contributed by atoms with Gasteiger partial charge in [-0.2, -0.15) is 0 Å². The van der Waals surface area contributed by atoms with Crippen LogP contribution in [0.2, 0.25) is 5.15 Å². The van der Waals surface area contributed by atoms with Gasteiger partial charge in [-0.1, -0.05) is 41.9 Å². The zero-order valence-electron chi connectivity index (χ0n) is 9.56. The van der Waals surface area contributed by atoms with E-state index < -0.39 is 0 Å². The topological polar surface area (TPSA) is 30.7 Å². The molecule has 0 N–H and O–H groups in total. The van der Waals surface area contributed by atoms with Crippen molar-refractivity contribution in [3.63, 3.8) is 0 Å². The van der Waals surface area contributed by atoms with Crippen molar-refractivity contribution < 1.29 is 0 Å². The van der Waals surface area contributed by atoms with Gasteiger partial charge in [0.15, 0.2) is 0 Å². The molecule has 0 aliphatic carbocycles. The first-order valence-electron chi connectivity index (χ1n) is 5.40. The van der Waals surface area contributed by atoms with Gasteiger partial charge in [-0.25, -0.2) is 9.97 Å². The van der Waals surface area contributed by atoms with E-state index in [4.69, 9.17) is 11.6 Å².